The van der Waals surface area contributed by atoms with Crippen LogP contribution in [0.15, 0.2) is 43.9 Å². The summed E-state index contributed by atoms with van der Waals surface area (Å²) < 4.78 is 26.1. The molecule has 2 heterocycles. The number of aliphatic hydroxyl groups excluding tert-OH is 2. The number of aliphatic hydroxyl groups is 2. The minimum atomic E-state index is -1.35. The Morgan fingerprint density at radius 2 is 0.865 bits per heavy atom. The highest BCUT2D eigenvalue weighted by Gasteiger charge is 2.24. The monoisotopic (exact) mass is 552 g/mol. The molecule has 2 atom stereocenters. The number of unbranched alkanes of at least 4 members (excludes halogenated alkanes) is 2. The van der Waals surface area contributed by atoms with Gasteiger partial charge in [-0.2, -0.15) is 0 Å². The van der Waals surface area contributed by atoms with Gasteiger partial charge in [0.25, 0.3) is 0 Å². The molecule has 0 aromatic heterocycles. The van der Waals surface area contributed by atoms with Gasteiger partial charge in [-0.3, -0.25) is 9.59 Å². The molecular formula is C29H44O6S2. The van der Waals surface area contributed by atoms with Gasteiger partial charge in [0.2, 0.25) is 0 Å². The van der Waals surface area contributed by atoms with Gasteiger partial charge >= 0.3 is 0 Å². The zero-order chi connectivity index (χ0) is 27.6. The van der Waals surface area contributed by atoms with E-state index in [4.69, 9.17) is 0 Å². The summed E-state index contributed by atoms with van der Waals surface area (Å²) in [6, 6.07) is 0. The van der Waals surface area contributed by atoms with Gasteiger partial charge in [-0.1, -0.05) is 40.5 Å². The van der Waals surface area contributed by atoms with Crippen LogP contribution in [0.2, 0.25) is 0 Å². The number of ketones is 2. The summed E-state index contributed by atoms with van der Waals surface area (Å²) in [5.74, 6) is -0.295. The predicted octanol–water partition coefficient (Wildman–Crippen LogP) is 5.51. The Labute approximate surface area is 227 Å². The molecule has 2 aliphatic rings. The van der Waals surface area contributed by atoms with Crippen LogP contribution in [0.3, 0.4) is 0 Å². The van der Waals surface area contributed by atoms with E-state index in [9.17, 15) is 28.2 Å². The summed E-state index contributed by atoms with van der Waals surface area (Å²) in [4.78, 5) is 26.9. The Morgan fingerprint density at radius 1 is 0.568 bits per heavy atom. The van der Waals surface area contributed by atoms with Gasteiger partial charge in [-0.05, 0) is 92.9 Å². The van der Waals surface area contributed by atoms with Crippen LogP contribution < -0.4 is 0 Å². The van der Waals surface area contributed by atoms with Crippen LogP contribution in [-0.2, 0) is 31.2 Å². The van der Waals surface area contributed by atoms with E-state index in [1.807, 2.05) is 27.7 Å². The zero-order valence-electron chi connectivity index (χ0n) is 22.8. The van der Waals surface area contributed by atoms with E-state index in [2.05, 4.69) is 0 Å². The lowest BCUT2D eigenvalue weighted by Crippen LogP contribution is -2.16. The van der Waals surface area contributed by atoms with Gasteiger partial charge in [-0.15, -0.1) is 0 Å². The second-order valence-electron chi connectivity index (χ2n) is 11.7. The first-order valence-corrected chi connectivity index (χ1v) is 15.6. The minimum Gasteiger partial charge on any atom is -0.396 e. The molecule has 2 unspecified atom stereocenters. The summed E-state index contributed by atoms with van der Waals surface area (Å²) >= 11 is 0. The lowest BCUT2D eigenvalue weighted by molar-refractivity contribution is -0.111. The van der Waals surface area contributed by atoms with Crippen molar-refractivity contribution in [2.75, 3.05) is 13.2 Å². The van der Waals surface area contributed by atoms with Crippen LogP contribution in [0.25, 0.3) is 0 Å². The smallest absolute Gasteiger partial charge is 0.180 e. The van der Waals surface area contributed by atoms with Crippen molar-refractivity contribution >= 4 is 33.2 Å². The molecular weight excluding hydrogens is 508 g/mol. The van der Waals surface area contributed by atoms with Crippen molar-refractivity contribution in [3.05, 3.63) is 43.9 Å². The van der Waals surface area contributed by atoms with E-state index >= 15 is 0 Å². The molecule has 0 saturated carbocycles. The third-order valence-electron chi connectivity index (χ3n) is 6.92. The lowest BCUT2D eigenvalue weighted by Gasteiger charge is -2.21. The van der Waals surface area contributed by atoms with E-state index in [0.717, 1.165) is 38.5 Å². The number of carbonyl (C=O) groups is 2. The summed E-state index contributed by atoms with van der Waals surface area (Å²) in [7, 11) is -2.69. The molecule has 37 heavy (non-hydrogen) atoms. The minimum absolute atomic E-state index is 0.125. The SMILES string of the molecule is CC(C)(CO)CCCCC1=CC(=O)C=C(CCCC2=CC(=O)C=C(CCCCC(C)(C)CO)S2=O)S1=O. The van der Waals surface area contributed by atoms with Gasteiger partial charge in [0, 0.05) is 32.8 Å². The maximum absolute atomic E-state index is 13.0. The van der Waals surface area contributed by atoms with Gasteiger partial charge in [0.05, 0.1) is 21.6 Å². The second-order valence-corrected chi connectivity index (χ2v) is 14.9. The van der Waals surface area contributed by atoms with Crippen LogP contribution in [0, 0.1) is 10.8 Å². The molecule has 0 aromatic carbocycles. The standard InChI is InChI=1S/C29H44O6S2/c1-28(2,20-30)14-7-5-10-24-16-22(32)18-26(36(24)34)12-9-13-27-19-23(33)17-25(37(27)35)11-6-8-15-29(3,4)21-31/h16-19,30-31H,5-15,20-21H2,1-4H3. The van der Waals surface area contributed by atoms with Gasteiger partial charge in [-0.25, -0.2) is 8.42 Å². The summed E-state index contributed by atoms with van der Waals surface area (Å²) in [5.41, 5.74) is -0.274. The molecule has 0 aliphatic carbocycles. The summed E-state index contributed by atoms with van der Waals surface area (Å²) in [6.07, 6.45) is 13.6. The average Bonchev–Trinajstić information content (AvgIpc) is 2.84. The third-order valence-corrected chi connectivity index (χ3v) is 10.1. The number of carbonyl (C=O) groups excluding carboxylic acids is 2. The van der Waals surface area contributed by atoms with Crippen molar-refractivity contribution in [3.8, 4) is 0 Å². The first-order valence-electron chi connectivity index (χ1n) is 13.3. The van der Waals surface area contributed by atoms with Crippen molar-refractivity contribution < 1.29 is 28.2 Å². The fourth-order valence-electron chi connectivity index (χ4n) is 4.33. The van der Waals surface area contributed by atoms with Crippen molar-refractivity contribution in [1.82, 2.24) is 0 Å². The fourth-order valence-corrected chi connectivity index (χ4v) is 7.21. The zero-order valence-corrected chi connectivity index (χ0v) is 24.5. The fraction of sp³-hybridized carbons (Fsp3) is 0.655. The van der Waals surface area contributed by atoms with Gasteiger partial charge in [0.15, 0.2) is 11.6 Å². The molecule has 208 valence electrons. The number of hydrogen-bond donors (Lipinski definition) is 2. The highest BCUT2D eigenvalue weighted by Crippen LogP contribution is 2.31. The topological polar surface area (TPSA) is 109 Å². The van der Waals surface area contributed by atoms with E-state index in [1.165, 1.54) is 24.3 Å². The van der Waals surface area contributed by atoms with Crippen LogP contribution >= 0.6 is 0 Å². The molecule has 2 rings (SSSR count). The summed E-state index contributed by atoms with van der Waals surface area (Å²) in [5, 5.41) is 18.8. The van der Waals surface area contributed by atoms with E-state index in [0.29, 0.717) is 51.7 Å². The molecule has 6 nitrogen and oxygen atoms in total. The number of allylic oxidation sites excluding steroid dienone is 8. The molecule has 8 heteroatoms. The lowest BCUT2D eigenvalue weighted by atomic mass is 9.88. The molecule has 0 saturated heterocycles. The maximum Gasteiger partial charge on any atom is 0.180 e. The van der Waals surface area contributed by atoms with E-state index in [-0.39, 0.29) is 35.6 Å². The Balaban J connectivity index is 1.83. The highest BCUT2D eigenvalue weighted by atomic mass is 32.2. The Kier molecular flexibility index (Phi) is 12.5. The van der Waals surface area contributed by atoms with Crippen LogP contribution in [-0.4, -0.2) is 43.4 Å². The van der Waals surface area contributed by atoms with Gasteiger partial charge in [0.1, 0.15) is 0 Å². The van der Waals surface area contributed by atoms with E-state index in [1.54, 1.807) is 0 Å². The molecule has 0 fully saturated rings. The Bertz CT molecular complexity index is 933. The van der Waals surface area contributed by atoms with Crippen molar-refractivity contribution in [3.63, 3.8) is 0 Å². The number of hydrogen-bond acceptors (Lipinski definition) is 6. The van der Waals surface area contributed by atoms with Crippen LogP contribution in [0.1, 0.15) is 98.3 Å². The first kappa shape index (κ1) is 31.7. The Hall–Kier alpha value is -1.48. The molecule has 0 aromatic rings. The average molecular weight is 553 g/mol. The highest BCUT2D eigenvalue weighted by molar-refractivity contribution is 7.93. The molecule has 0 radical (unpaired) electrons. The van der Waals surface area contributed by atoms with Crippen molar-refractivity contribution in [2.45, 2.75) is 98.3 Å². The first-order chi connectivity index (χ1) is 17.4. The molecule has 2 N–H and O–H groups in total. The van der Waals surface area contributed by atoms with Gasteiger partial charge < -0.3 is 10.2 Å². The van der Waals surface area contributed by atoms with Crippen molar-refractivity contribution in [2.24, 2.45) is 10.8 Å². The largest absolute Gasteiger partial charge is 0.396 e. The van der Waals surface area contributed by atoms with Crippen LogP contribution in [0.5, 0.6) is 0 Å². The predicted molar refractivity (Wildman–Crippen MR) is 151 cm³/mol. The molecule has 0 amide bonds. The van der Waals surface area contributed by atoms with E-state index < -0.39 is 21.6 Å². The third kappa shape index (κ3) is 10.7. The normalized spacial score (nSPS) is 20.9. The van der Waals surface area contributed by atoms with Crippen molar-refractivity contribution in [1.29, 1.82) is 0 Å². The number of rotatable bonds is 16. The quantitative estimate of drug-likeness (QED) is 0.244. The Morgan fingerprint density at radius 3 is 1.16 bits per heavy atom. The second kappa shape index (κ2) is 14.6. The molecule has 2 aliphatic heterocycles. The molecule has 0 bridgehead atoms. The maximum atomic E-state index is 13.0. The molecule has 0 spiro atoms. The van der Waals surface area contributed by atoms with Crippen LogP contribution in [0.4, 0.5) is 0 Å². The summed E-state index contributed by atoms with van der Waals surface area (Å²) in [6.45, 7) is 8.29.